The monoisotopic (exact) mass is 446 g/mol. The summed E-state index contributed by atoms with van der Waals surface area (Å²) in [5, 5.41) is 0. The quantitative estimate of drug-likeness (QED) is 0.184. The Labute approximate surface area is 188 Å². The molecular weight excluding hydrogens is 416 g/mol. The van der Waals surface area contributed by atoms with Gasteiger partial charge in [0.05, 0.1) is 37.6 Å². The van der Waals surface area contributed by atoms with Gasteiger partial charge < -0.3 is 18.9 Å². The number of rotatable bonds is 14. The zero-order chi connectivity index (χ0) is 23.9. The van der Waals surface area contributed by atoms with E-state index in [1.165, 1.54) is 24.3 Å². The molecule has 8 nitrogen and oxygen atoms in total. The van der Waals surface area contributed by atoms with Crippen LogP contribution in [0, 0.1) is 0 Å². The second-order valence-corrected chi connectivity index (χ2v) is 7.10. The molecule has 0 N–H and O–H groups in total. The van der Waals surface area contributed by atoms with Crippen LogP contribution in [0.5, 0.6) is 0 Å². The van der Waals surface area contributed by atoms with Gasteiger partial charge in [-0.3, -0.25) is 0 Å². The lowest BCUT2D eigenvalue weighted by atomic mass is 10.1. The molecule has 0 saturated heterocycles. The summed E-state index contributed by atoms with van der Waals surface area (Å²) >= 11 is 0. The van der Waals surface area contributed by atoms with Crippen molar-refractivity contribution < 1.29 is 38.1 Å². The van der Waals surface area contributed by atoms with E-state index < -0.39 is 23.9 Å². The Morgan fingerprint density at radius 1 is 0.594 bits per heavy atom. The van der Waals surface area contributed by atoms with Gasteiger partial charge in [-0.1, -0.05) is 13.2 Å². The zero-order valence-electron chi connectivity index (χ0n) is 18.6. The fourth-order valence-electron chi connectivity index (χ4n) is 2.22. The predicted octanol–water partition coefficient (Wildman–Crippen LogP) is 3.80. The van der Waals surface area contributed by atoms with Crippen LogP contribution in [0.25, 0.3) is 0 Å². The second kappa shape index (κ2) is 14.6. The molecule has 0 heterocycles. The van der Waals surface area contributed by atoms with Crippen molar-refractivity contribution in [3.63, 3.8) is 0 Å². The number of hydrogen-bond donors (Lipinski definition) is 0. The van der Waals surface area contributed by atoms with Crippen LogP contribution in [0.3, 0.4) is 0 Å². The Morgan fingerprint density at radius 3 is 1.16 bits per heavy atom. The maximum atomic E-state index is 12.0. The molecule has 0 atom stereocenters. The third-order valence-electron chi connectivity index (χ3n) is 4.06. The molecule has 32 heavy (non-hydrogen) atoms. The largest absolute Gasteiger partial charge is 0.462 e. The molecule has 0 aromatic heterocycles. The lowest BCUT2D eigenvalue weighted by Gasteiger charge is -2.08. The van der Waals surface area contributed by atoms with Crippen molar-refractivity contribution in [3.05, 3.63) is 59.7 Å². The lowest BCUT2D eigenvalue weighted by molar-refractivity contribution is -0.140. The highest BCUT2D eigenvalue weighted by atomic mass is 16.5. The van der Waals surface area contributed by atoms with Crippen molar-refractivity contribution in [2.75, 3.05) is 26.4 Å². The fourth-order valence-corrected chi connectivity index (χ4v) is 2.22. The molecule has 0 radical (unpaired) electrons. The first-order valence-corrected chi connectivity index (χ1v) is 10.3. The minimum absolute atomic E-state index is 0.189. The molecule has 0 fully saturated rings. The van der Waals surface area contributed by atoms with Crippen LogP contribution in [-0.4, -0.2) is 50.3 Å². The summed E-state index contributed by atoms with van der Waals surface area (Å²) in [6, 6.07) is 5.96. The SMILES string of the molecule is C=C(C)C(=O)OCCCCOC(=O)c1ccc(C(=O)OCCCCOC(=O)C(=C)C)cc1. The molecule has 0 amide bonds. The van der Waals surface area contributed by atoms with Gasteiger partial charge in [-0.2, -0.15) is 0 Å². The minimum atomic E-state index is -0.506. The first kappa shape index (κ1) is 26.6. The number of esters is 4. The number of hydrogen-bond acceptors (Lipinski definition) is 8. The van der Waals surface area contributed by atoms with E-state index in [1.54, 1.807) is 13.8 Å². The topological polar surface area (TPSA) is 105 Å². The first-order chi connectivity index (χ1) is 15.2. The average molecular weight is 446 g/mol. The van der Waals surface area contributed by atoms with E-state index >= 15 is 0 Å². The zero-order valence-corrected chi connectivity index (χ0v) is 18.6. The molecule has 1 rings (SSSR count). The molecule has 0 saturated carbocycles. The third kappa shape index (κ3) is 10.6. The fraction of sp³-hybridized carbons (Fsp3) is 0.417. The number of unbranched alkanes of at least 4 members (excludes halogenated alkanes) is 2. The van der Waals surface area contributed by atoms with Gasteiger partial charge in [0.2, 0.25) is 0 Å². The van der Waals surface area contributed by atoms with Crippen LogP contribution in [0.4, 0.5) is 0 Å². The molecule has 0 unspecified atom stereocenters. The standard InChI is InChI=1S/C24H30O8/c1-17(2)21(25)29-13-5-7-15-31-23(27)19-9-11-20(12-10-19)24(28)32-16-8-6-14-30-22(26)18(3)4/h9-12H,1,3,5-8,13-16H2,2,4H3. The molecule has 1 aromatic rings. The van der Waals surface area contributed by atoms with Crippen LogP contribution in [0.15, 0.2) is 48.6 Å². The van der Waals surface area contributed by atoms with E-state index in [-0.39, 0.29) is 26.4 Å². The molecule has 0 spiro atoms. The Kier molecular flexibility index (Phi) is 12.1. The van der Waals surface area contributed by atoms with Crippen LogP contribution >= 0.6 is 0 Å². The molecule has 8 heteroatoms. The van der Waals surface area contributed by atoms with Crippen LogP contribution < -0.4 is 0 Å². The van der Waals surface area contributed by atoms with Gasteiger partial charge in [0.15, 0.2) is 0 Å². The van der Waals surface area contributed by atoms with Crippen molar-refractivity contribution >= 4 is 23.9 Å². The molecule has 174 valence electrons. The molecule has 0 aliphatic rings. The Hall–Kier alpha value is -3.42. The Balaban J connectivity index is 2.24. The van der Waals surface area contributed by atoms with Crippen LogP contribution in [0.1, 0.15) is 60.2 Å². The van der Waals surface area contributed by atoms with Gasteiger partial charge >= 0.3 is 23.9 Å². The highest BCUT2D eigenvalue weighted by molar-refractivity contribution is 5.93. The molecule has 1 aromatic carbocycles. The van der Waals surface area contributed by atoms with E-state index in [0.717, 1.165) is 0 Å². The van der Waals surface area contributed by atoms with Crippen LogP contribution in [-0.2, 0) is 28.5 Å². The summed E-state index contributed by atoms with van der Waals surface area (Å²) in [4.78, 5) is 46.5. The van der Waals surface area contributed by atoms with Gasteiger partial charge in [-0.25, -0.2) is 19.2 Å². The minimum Gasteiger partial charge on any atom is -0.462 e. The summed E-state index contributed by atoms with van der Waals surface area (Å²) in [6.45, 7) is 11.0. The third-order valence-corrected chi connectivity index (χ3v) is 4.06. The van der Waals surface area contributed by atoms with E-state index in [0.29, 0.717) is 48.0 Å². The van der Waals surface area contributed by atoms with Gasteiger partial charge in [-0.05, 0) is 63.8 Å². The highest BCUT2D eigenvalue weighted by Crippen LogP contribution is 2.09. The Morgan fingerprint density at radius 2 is 0.875 bits per heavy atom. The first-order valence-electron chi connectivity index (χ1n) is 10.3. The lowest BCUT2D eigenvalue weighted by Crippen LogP contribution is -2.11. The maximum absolute atomic E-state index is 12.0. The molecular formula is C24H30O8. The number of carbonyl (C=O) groups excluding carboxylic acids is 4. The van der Waals surface area contributed by atoms with E-state index in [9.17, 15) is 19.2 Å². The van der Waals surface area contributed by atoms with E-state index in [4.69, 9.17) is 18.9 Å². The predicted molar refractivity (Wildman–Crippen MR) is 117 cm³/mol. The van der Waals surface area contributed by atoms with Crippen molar-refractivity contribution in [2.24, 2.45) is 0 Å². The molecule has 0 aliphatic carbocycles. The normalized spacial score (nSPS) is 10.1. The Bertz CT molecular complexity index is 754. The molecule has 0 aliphatic heterocycles. The van der Waals surface area contributed by atoms with Crippen molar-refractivity contribution in [1.82, 2.24) is 0 Å². The van der Waals surface area contributed by atoms with Gasteiger partial charge in [0, 0.05) is 11.1 Å². The van der Waals surface area contributed by atoms with Crippen LogP contribution in [0.2, 0.25) is 0 Å². The van der Waals surface area contributed by atoms with Crippen molar-refractivity contribution in [1.29, 1.82) is 0 Å². The average Bonchev–Trinajstić information content (AvgIpc) is 2.77. The highest BCUT2D eigenvalue weighted by Gasteiger charge is 2.11. The number of carbonyl (C=O) groups is 4. The van der Waals surface area contributed by atoms with Gasteiger partial charge in [0.1, 0.15) is 0 Å². The smallest absolute Gasteiger partial charge is 0.338 e. The summed E-state index contributed by atoms with van der Waals surface area (Å²) in [6.07, 6.45) is 2.22. The number of benzene rings is 1. The summed E-state index contributed by atoms with van der Waals surface area (Å²) in [7, 11) is 0. The van der Waals surface area contributed by atoms with Crippen molar-refractivity contribution in [3.8, 4) is 0 Å². The van der Waals surface area contributed by atoms with Crippen molar-refractivity contribution in [2.45, 2.75) is 39.5 Å². The summed E-state index contributed by atoms with van der Waals surface area (Å²) in [5.41, 5.74) is 1.31. The van der Waals surface area contributed by atoms with E-state index in [2.05, 4.69) is 13.2 Å². The summed E-state index contributed by atoms with van der Waals surface area (Å²) in [5.74, 6) is -1.89. The maximum Gasteiger partial charge on any atom is 0.338 e. The summed E-state index contributed by atoms with van der Waals surface area (Å²) < 4.78 is 20.2. The molecule has 0 bridgehead atoms. The number of ether oxygens (including phenoxy) is 4. The van der Waals surface area contributed by atoms with Gasteiger partial charge in [-0.15, -0.1) is 0 Å². The van der Waals surface area contributed by atoms with Gasteiger partial charge in [0.25, 0.3) is 0 Å². The van der Waals surface area contributed by atoms with E-state index in [1.807, 2.05) is 0 Å². The second-order valence-electron chi connectivity index (χ2n) is 7.10.